The molecular formula is C16H26N2O6. The first-order chi connectivity index (χ1) is 11.4. The topological polar surface area (TPSA) is 131 Å². The molecule has 136 valence electrons. The Labute approximate surface area is 141 Å². The van der Waals surface area contributed by atoms with Crippen molar-refractivity contribution in [2.24, 2.45) is 5.73 Å². The van der Waals surface area contributed by atoms with Gasteiger partial charge in [0.1, 0.15) is 12.4 Å². The van der Waals surface area contributed by atoms with E-state index in [4.69, 9.17) is 35.0 Å². The lowest BCUT2D eigenvalue weighted by atomic mass is 10.1. The van der Waals surface area contributed by atoms with Crippen LogP contribution in [0.5, 0.6) is 5.75 Å². The molecule has 0 atom stereocenters. The first kappa shape index (κ1) is 21.8. The van der Waals surface area contributed by atoms with Gasteiger partial charge in [-0.25, -0.2) is 9.59 Å². The van der Waals surface area contributed by atoms with Gasteiger partial charge in [0.15, 0.2) is 0 Å². The number of rotatable bonds is 9. The van der Waals surface area contributed by atoms with Crippen LogP contribution in [0, 0.1) is 13.8 Å². The third-order valence-corrected chi connectivity index (χ3v) is 2.90. The number of ether oxygens (including phenoxy) is 2. The average Bonchev–Trinajstić information content (AvgIpc) is 2.54. The minimum atomic E-state index is -1.82. The second kappa shape index (κ2) is 13.3. The number of nitrogens with two attached hydrogens (primary N) is 1. The molecule has 1 aromatic rings. The minimum Gasteiger partial charge on any atom is -0.491 e. The molecule has 0 aromatic heterocycles. The summed E-state index contributed by atoms with van der Waals surface area (Å²) in [7, 11) is 0. The van der Waals surface area contributed by atoms with Crippen molar-refractivity contribution in [3.8, 4) is 5.75 Å². The van der Waals surface area contributed by atoms with Gasteiger partial charge in [-0.3, -0.25) is 0 Å². The summed E-state index contributed by atoms with van der Waals surface area (Å²) >= 11 is 0. The minimum absolute atomic E-state index is 0.583. The summed E-state index contributed by atoms with van der Waals surface area (Å²) in [6, 6.07) is 6.12. The maximum atomic E-state index is 9.10. The predicted molar refractivity (Wildman–Crippen MR) is 89.4 cm³/mol. The van der Waals surface area contributed by atoms with Crippen molar-refractivity contribution in [1.82, 2.24) is 5.32 Å². The lowest BCUT2D eigenvalue weighted by Gasteiger charge is -2.09. The van der Waals surface area contributed by atoms with E-state index in [1.54, 1.807) is 0 Å². The summed E-state index contributed by atoms with van der Waals surface area (Å²) in [5, 5.41) is 17.9. The highest BCUT2D eigenvalue weighted by molar-refractivity contribution is 6.27. The van der Waals surface area contributed by atoms with Crippen molar-refractivity contribution in [3.63, 3.8) is 0 Å². The van der Waals surface area contributed by atoms with Crippen LogP contribution in [0.2, 0.25) is 0 Å². The Morgan fingerprint density at radius 3 is 2.25 bits per heavy atom. The van der Waals surface area contributed by atoms with Crippen LogP contribution in [0.1, 0.15) is 11.1 Å². The number of aryl methyl sites for hydroxylation is 2. The molecule has 1 aromatic carbocycles. The van der Waals surface area contributed by atoms with Gasteiger partial charge in [0, 0.05) is 19.6 Å². The largest absolute Gasteiger partial charge is 0.491 e. The average molecular weight is 342 g/mol. The normalized spacial score (nSPS) is 9.79. The summed E-state index contributed by atoms with van der Waals surface area (Å²) in [4.78, 5) is 18.2. The Morgan fingerprint density at radius 1 is 1.04 bits per heavy atom. The molecule has 0 spiro atoms. The molecule has 0 unspecified atom stereocenters. The fraction of sp³-hybridized carbons (Fsp3) is 0.500. The number of nitrogens with one attached hydrogen (secondary N) is 1. The second-order valence-corrected chi connectivity index (χ2v) is 4.86. The molecule has 0 saturated heterocycles. The number of hydrogen-bond acceptors (Lipinski definition) is 6. The standard InChI is InChI=1S/C14H24N2O2.C2H2O4/c1-12-3-4-14(11-13(12)2)18-10-9-17-8-7-16-6-5-15;3-1(4)2(5)6/h3-4,11,16H,5-10,15H2,1-2H3;(H,3,4)(H,5,6). The Bertz CT molecular complexity index is 495. The molecule has 8 heteroatoms. The highest BCUT2D eigenvalue weighted by Gasteiger charge is 2.04. The number of aliphatic carboxylic acids is 2. The van der Waals surface area contributed by atoms with Gasteiger partial charge in [0.05, 0.1) is 13.2 Å². The van der Waals surface area contributed by atoms with E-state index in [9.17, 15) is 0 Å². The van der Waals surface area contributed by atoms with Crippen molar-refractivity contribution in [1.29, 1.82) is 0 Å². The van der Waals surface area contributed by atoms with Gasteiger partial charge in [0.2, 0.25) is 0 Å². The number of carbonyl (C=O) groups is 2. The van der Waals surface area contributed by atoms with Gasteiger partial charge < -0.3 is 30.7 Å². The lowest BCUT2D eigenvalue weighted by Crippen LogP contribution is -2.26. The summed E-state index contributed by atoms with van der Waals surface area (Å²) in [6.07, 6.45) is 0. The van der Waals surface area contributed by atoms with Crippen LogP contribution in [0.3, 0.4) is 0 Å². The molecule has 0 saturated carbocycles. The smallest absolute Gasteiger partial charge is 0.414 e. The van der Waals surface area contributed by atoms with Crippen LogP contribution in [0.4, 0.5) is 0 Å². The summed E-state index contributed by atoms with van der Waals surface area (Å²) in [5.74, 6) is -2.74. The van der Waals surface area contributed by atoms with Crippen LogP contribution in [-0.2, 0) is 14.3 Å². The van der Waals surface area contributed by atoms with E-state index in [0.29, 0.717) is 26.4 Å². The van der Waals surface area contributed by atoms with E-state index < -0.39 is 11.9 Å². The number of hydrogen-bond donors (Lipinski definition) is 4. The molecule has 0 fully saturated rings. The highest BCUT2D eigenvalue weighted by Crippen LogP contribution is 2.16. The van der Waals surface area contributed by atoms with Crippen LogP contribution >= 0.6 is 0 Å². The third-order valence-electron chi connectivity index (χ3n) is 2.90. The fourth-order valence-electron chi connectivity index (χ4n) is 1.50. The van der Waals surface area contributed by atoms with E-state index in [2.05, 4.69) is 31.3 Å². The monoisotopic (exact) mass is 342 g/mol. The molecule has 0 aliphatic rings. The predicted octanol–water partition coefficient (Wildman–Crippen LogP) is 0.403. The first-order valence-electron chi connectivity index (χ1n) is 7.53. The van der Waals surface area contributed by atoms with E-state index in [-0.39, 0.29) is 0 Å². The van der Waals surface area contributed by atoms with Crippen LogP contribution < -0.4 is 15.8 Å². The van der Waals surface area contributed by atoms with Gasteiger partial charge in [-0.1, -0.05) is 6.07 Å². The summed E-state index contributed by atoms with van der Waals surface area (Å²) in [5.41, 5.74) is 7.89. The van der Waals surface area contributed by atoms with Gasteiger partial charge in [-0.05, 0) is 37.1 Å². The molecule has 0 aliphatic carbocycles. The van der Waals surface area contributed by atoms with E-state index in [1.165, 1.54) is 11.1 Å². The first-order valence-corrected chi connectivity index (χ1v) is 7.53. The Kier molecular flexibility index (Phi) is 12.1. The van der Waals surface area contributed by atoms with Gasteiger partial charge in [-0.15, -0.1) is 0 Å². The summed E-state index contributed by atoms with van der Waals surface area (Å²) < 4.78 is 11.0. The molecule has 24 heavy (non-hydrogen) atoms. The van der Waals surface area contributed by atoms with Crippen molar-refractivity contribution < 1.29 is 29.3 Å². The molecule has 5 N–H and O–H groups in total. The number of benzene rings is 1. The molecule has 0 radical (unpaired) electrons. The molecule has 0 heterocycles. The van der Waals surface area contributed by atoms with Gasteiger partial charge >= 0.3 is 11.9 Å². The van der Waals surface area contributed by atoms with Crippen LogP contribution in [0.25, 0.3) is 0 Å². The highest BCUT2D eigenvalue weighted by atomic mass is 16.5. The van der Waals surface area contributed by atoms with Crippen molar-refractivity contribution in [2.75, 3.05) is 39.5 Å². The lowest BCUT2D eigenvalue weighted by molar-refractivity contribution is -0.159. The van der Waals surface area contributed by atoms with Crippen LogP contribution in [0.15, 0.2) is 18.2 Å². The molecule has 1 rings (SSSR count). The Hall–Kier alpha value is -2.16. The Morgan fingerprint density at radius 2 is 1.71 bits per heavy atom. The van der Waals surface area contributed by atoms with Gasteiger partial charge in [-0.2, -0.15) is 0 Å². The SMILES string of the molecule is Cc1ccc(OCCOCCNCCN)cc1C.O=C(O)C(=O)O. The fourth-order valence-corrected chi connectivity index (χ4v) is 1.50. The molecule has 0 aliphatic heterocycles. The maximum absolute atomic E-state index is 9.10. The molecule has 8 nitrogen and oxygen atoms in total. The number of carboxylic acids is 2. The molecule has 0 amide bonds. The van der Waals surface area contributed by atoms with Crippen molar-refractivity contribution in [2.45, 2.75) is 13.8 Å². The van der Waals surface area contributed by atoms with E-state index in [1.807, 2.05) is 6.07 Å². The zero-order valence-corrected chi connectivity index (χ0v) is 14.1. The maximum Gasteiger partial charge on any atom is 0.414 e. The second-order valence-electron chi connectivity index (χ2n) is 4.86. The van der Waals surface area contributed by atoms with Gasteiger partial charge in [0.25, 0.3) is 0 Å². The third kappa shape index (κ3) is 11.4. The van der Waals surface area contributed by atoms with E-state index >= 15 is 0 Å². The summed E-state index contributed by atoms with van der Waals surface area (Å²) in [6.45, 7) is 8.39. The molecule has 0 bridgehead atoms. The van der Waals surface area contributed by atoms with Crippen molar-refractivity contribution >= 4 is 11.9 Å². The van der Waals surface area contributed by atoms with E-state index in [0.717, 1.165) is 18.8 Å². The molecular weight excluding hydrogens is 316 g/mol. The van der Waals surface area contributed by atoms with Crippen molar-refractivity contribution in [3.05, 3.63) is 29.3 Å². The Balaban J connectivity index is 0.000000754. The number of carboxylic acid groups (broad SMARTS) is 2. The van der Waals surface area contributed by atoms with Crippen LogP contribution in [-0.4, -0.2) is 61.6 Å². The zero-order chi connectivity index (χ0) is 18.4. The zero-order valence-electron chi connectivity index (χ0n) is 14.1. The quantitative estimate of drug-likeness (QED) is 0.375.